The van der Waals surface area contributed by atoms with Crippen LogP contribution in [0.2, 0.25) is 0 Å². The Labute approximate surface area is 169 Å². The summed E-state index contributed by atoms with van der Waals surface area (Å²) in [7, 11) is 0. The van der Waals surface area contributed by atoms with Gasteiger partial charge in [-0.25, -0.2) is 4.98 Å². The third-order valence-electron chi connectivity index (χ3n) is 6.12. The number of carbonyl (C=O) groups excluding carboxylic acids is 2. The summed E-state index contributed by atoms with van der Waals surface area (Å²) in [6.45, 7) is 5.00. The second-order valence-electron chi connectivity index (χ2n) is 7.96. The van der Waals surface area contributed by atoms with Crippen LogP contribution in [0.15, 0.2) is 29.9 Å². The van der Waals surface area contributed by atoms with Crippen LogP contribution in [0.1, 0.15) is 46.7 Å². The van der Waals surface area contributed by atoms with Crippen molar-refractivity contribution in [3.8, 4) is 0 Å². The van der Waals surface area contributed by atoms with Crippen LogP contribution in [0.5, 0.6) is 0 Å². The topological polar surface area (TPSA) is 66.4 Å². The maximum Gasteiger partial charge on any atom is 0.273 e. The molecule has 0 aromatic carbocycles. The zero-order valence-corrected chi connectivity index (χ0v) is 17.1. The highest BCUT2D eigenvalue weighted by Gasteiger charge is 2.41. The number of pyridine rings is 1. The smallest absolute Gasteiger partial charge is 0.273 e. The van der Waals surface area contributed by atoms with E-state index in [1.807, 2.05) is 34.2 Å². The number of carbonyl (C=O) groups is 2. The molecule has 2 aromatic rings. The van der Waals surface area contributed by atoms with Crippen LogP contribution in [-0.4, -0.2) is 57.8 Å². The SMILES string of the molecule is Cc1nc(C(=O)N2CCC3(CCC(=O)N(CCc4ccncc4)C3)CC2)cs1. The molecule has 2 aromatic heterocycles. The Hall–Kier alpha value is -2.28. The van der Waals surface area contributed by atoms with Crippen LogP contribution in [0.4, 0.5) is 0 Å². The van der Waals surface area contributed by atoms with Gasteiger partial charge in [0.25, 0.3) is 5.91 Å². The Kier molecular flexibility index (Phi) is 5.44. The number of thiazole rings is 1. The lowest BCUT2D eigenvalue weighted by atomic mass is 9.72. The fraction of sp³-hybridized carbons (Fsp3) is 0.524. The van der Waals surface area contributed by atoms with Crippen molar-refractivity contribution in [2.24, 2.45) is 5.41 Å². The number of amides is 2. The van der Waals surface area contributed by atoms with Crippen molar-refractivity contribution in [2.45, 2.75) is 39.0 Å². The lowest BCUT2D eigenvalue weighted by Gasteiger charge is -2.47. The fourth-order valence-electron chi connectivity index (χ4n) is 4.34. The van der Waals surface area contributed by atoms with Crippen LogP contribution in [0.3, 0.4) is 0 Å². The summed E-state index contributed by atoms with van der Waals surface area (Å²) in [5, 5.41) is 2.77. The molecule has 0 aliphatic carbocycles. The molecule has 0 unspecified atom stereocenters. The molecule has 148 valence electrons. The molecule has 2 saturated heterocycles. The standard InChI is InChI=1S/C21H26N4O2S/c1-16-23-18(14-28-16)20(27)24-12-7-21(8-13-24)6-2-19(26)25(15-21)11-5-17-3-9-22-10-4-17/h3-4,9-10,14H,2,5-8,11-13,15H2,1H3. The molecule has 0 bridgehead atoms. The zero-order valence-electron chi connectivity index (χ0n) is 16.3. The van der Waals surface area contributed by atoms with Gasteiger partial charge in [-0.15, -0.1) is 11.3 Å². The number of aromatic nitrogens is 2. The summed E-state index contributed by atoms with van der Waals surface area (Å²) in [6, 6.07) is 4.02. The fourth-order valence-corrected chi connectivity index (χ4v) is 4.92. The Morgan fingerprint density at radius 3 is 2.64 bits per heavy atom. The van der Waals surface area contributed by atoms with Crippen molar-refractivity contribution in [3.05, 3.63) is 46.2 Å². The van der Waals surface area contributed by atoms with Gasteiger partial charge in [0.2, 0.25) is 5.91 Å². The monoisotopic (exact) mass is 398 g/mol. The third-order valence-corrected chi connectivity index (χ3v) is 6.89. The predicted molar refractivity (Wildman–Crippen MR) is 108 cm³/mol. The quantitative estimate of drug-likeness (QED) is 0.794. The molecule has 28 heavy (non-hydrogen) atoms. The maximum atomic E-state index is 12.7. The number of nitrogens with zero attached hydrogens (tertiary/aromatic N) is 4. The lowest BCUT2D eigenvalue weighted by Crippen LogP contribution is -2.52. The first-order valence-corrected chi connectivity index (χ1v) is 10.8. The number of hydrogen-bond donors (Lipinski definition) is 0. The maximum absolute atomic E-state index is 12.7. The van der Waals surface area contributed by atoms with Crippen molar-refractivity contribution in [3.63, 3.8) is 0 Å². The molecular weight excluding hydrogens is 372 g/mol. The Morgan fingerprint density at radius 1 is 1.21 bits per heavy atom. The van der Waals surface area contributed by atoms with Gasteiger partial charge in [0.05, 0.1) is 5.01 Å². The average Bonchev–Trinajstić information content (AvgIpc) is 3.16. The van der Waals surface area contributed by atoms with Crippen LogP contribution in [-0.2, 0) is 11.2 Å². The van der Waals surface area contributed by atoms with Gasteiger partial charge in [-0.3, -0.25) is 14.6 Å². The van der Waals surface area contributed by atoms with E-state index in [0.29, 0.717) is 12.1 Å². The van der Waals surface area contributed by atoms with Gasteiger partial charge < -0.3 is 9.80 Å². The van der Waals surface area contributed by atoms with E-state index in [1.54, 1.807) is 12.4 Å². The molecule has 1 spiro atoms. The van der Waals surface area contributed by atoms with E-state index in [4.69, 9.17) is 0 Å². The van der Waals surface area contributed by atoms with Crippen molar-refractivity contribution in [1.29, 1.82) is 0 Å². The largest absolute Gasteiger partial charge is 0.342 e. The highest BCUT2D eigenvalue weighted by Crippen LogP contribution is 2.40. The van der Waals surface area contributed by atoms with E-state index in [2.05, 4.69) is 9.97 Å². The molecular formula is C21H26N4O2S. The molecule has 4 rings (SSSR count). The van der Waals surface area contributed by atoms with E-state index in [-0.39, 0.29) is 17.2 Å². The average molecular weight is 399 g/mol. The molecule has 0 N–H and O–H groups in total. The number of piperidine rings is 2. The molecule has 2 aliphatic heterocycles. The van der Waals surface area contributed by atoms with E-state index in [0.717, 1.165) is 56.9 Å². The summed E-state index contributed by atoms with van der Waals surface area (Å²) in [6.07, 6.45) is 7.93. The Bertz CT molecular complexity index is 843. The van der Waals surface area contributed by atoms with Gasteiger partial charge >= 0.3 is 0 Å². The first-order valence-electron chi connectivity index (χ1n) is 9.93. The molecule has 7 heteroatoms. The summed E-state index contributed by atoms with van der Waals surface area (Å²) < 4.78 is 0. The minimum atomic E-state index is 0.0422. The second kappa shape index (κ2) is 7.99. The van der Waals surface area contributed by atoms with Crippen molar-refractivity contribution < 1.29 is 9.59 Å². The minimum Gasteiger partial charge on any atom is -0.342 e. The van der Waals surface area contributed by atoms with Gasteiger partial charge in [0.1, 0.15) is 5.69 Å². The lowest BCUT2D eigenvalue weighted by molar-refractivity contribution is -0.138. The summed E-state index contributed by atoms with van der Waals surface area (Å²) >= 11 is 1.52. The molecule has 0 saturated carbocycles. The van der Waals surface area contributed by atoms with E-state index in [1.165, 1.54) is 16.9 Å². The van der Waals surface area contributed by atoms with Crippen molar-refractivity contribution in [1.82, 2.24) is 19.8 Å². The molecule has 0 atom stereocenters. The van der Waals surface area contributed by atoms with Crippen LogP contribution >= 0.6 is 11.3 Å². The highest BCUT2D eigenvalue weighted by molar-refractivity contribution is 7.09. The van der Waals surface area contributed by atoms with Gasteiger partial charge in [0, 0.05) is 50.4 Å². The zero-order chi connectivity index (χ0) is 19.6. The summed E-state index contributed by atoms with van der Waals surface area (Å²) in [5.74, 6) is 0.303. The van der Waals surface area contributed by atoms with E-state index >= 15 is 0 Å². The number of hydrogen-bond acceptors (Lipinski definition) is 5. The van der Waals surface area contributed by atoms with E-state index < -0.39 is 0 Å². The summed E-state index contributed by atoms with van der Waals surface area (Å²) in [5.41, 5.74) is 1.93. The van der Waals surface area contributed by atoms with Gasteiger partial charge in [-0.1, -0.05) is 0 Å². The normalized spacial score (nSPS) is 19.2. The van der Waals surface area contributed by atoms with Crippen LogP contribution in [0.25, 0.3) is 0 Å². The minimum absolute atomic E-state index is 0.0422. The molecule has 6 nitrogen and oxygen atoms in total. The van der Waals surface area contributed by atoms with Crippen LogP contribution in [0, 0.1) is 12.3 Å². The van der Waals surface area contributed by atoms with Gasteiger partial charge in [0.15, 0.2) is 0 Å². The Morgan fingerprint density at radius 2 is 1.96 bits per heavy atom. The molecule has 4 heterocycles. The predicted octanol–water partition coefficient (Wildman–Crippen LogP) is 2.93. The Balaban J connectivity index is 1.35. The summed E-state index contributed by atoms with van der Waals surface area (Å²) in [4.78, 5) is 37.5. The van der Waals surface area contributed by atoms with Crippen molar-refractivity contribution in [2.75, 3.05) is 26.2 Å². The van der Waals surface area contributed by atoms with Crippen molar-refractivity contribution >= 4 is 23.2 Å². The highest BCUT2D eigenvalue weighted by atomic mass is 32.1. The molecule has 0 radical (unpaired) electrons. The molecule has 2 fully saturated rings. The van der Waals surface area contributed by atoms with E-state index in [9.17, 15) is 9.59 Å². The number of rotatable bonds is 4. The van der Waals surface area contributed by atoms with Crippen LogP contribution < -0.4 is 0 Å². The van der Waals surface area contributed by atoms with Gasteiger partial charge in [-0.05, 0) is 55.7 Å². The number of likely N-dealkylation sites (tertiary alicyclic amines) is 2. The van der Waals surface area contributed by atoms with Gasteiger partial charge in [-0.2, -0.15) is 0 Å². The third kappa shape index (κ3) is 4.09. The number of aryl methyl sites for hydroxylation is 1. The molecule has 2 aliphatic rings. The second-order valence-corrected chi connectivity index (χ2v) is 9.03. The molecule has 2 amide bonds. The first kappa shape index (κ1) is 19.1. The first-order chi connectivity index (χ1) is 13.5.